The molecule has 0 atom stereocenters. The standard InChI is InChI=1S/4C5H8O4/c4*1-3(6)5(8,9)4(2)7/h4*8-9H,1-2H3. The summed E-state index contributed by atoms with van der Waals surface area (Å²) in [6, 6.07) is 0. The van der Waals surface area contributed by atoms with Gasteiger partial charge in [-0.05, 0) is 0 Å². The molecule has 0 fully saturated rings. The van der Waals surface area contributed by atoms with Gasteiger partial charge in [0.2, 0.25) is 0 Å². The number of rotatable bonds is 8. The minimum Gasteiger partial charge on any atom is -0.354 e. The molecule has 0 aromatic rings. The van der Waals surface area contributed by atoms with Gasteiger partial charge in [0.25, 0.3) is 23.1 Å². The van der Waals surface area contributed by atoms with E-state index in [9.17, 15) is 38.4 Å². The van der Waals surface area contributed by atoms with Crippen LogP contribution >= 0.6 is 0 Å². The Kier molecular flexibility index (Phi) is 17.0. The molecule has 0 aromatic heterocycles. The smallest absolute Gasteiger partial charge is 0.284 e. The summed E-state index contributed by atoms with van der Waals surface area (Å²) >= 11 is 0. The van der Waals surface area contributed by atoms with Crippen LogP contribution in [0, 0.1) is 0 Å². The summed E-state index contributed by atoms with van der Waals surface area (Å²) in [5.41, 5.74) is 0. The highest BCUT2D eigenvalue weighted by Crippen LogP contribution is 2.02. The molecule has 0 unspecified atom stereocenters. The average molecular weight is 528 g/mol. The summed E-state index contributed by atoms with van der Waals surface area (Å²) in [6.45, 7) is 7.46. The minimum absolute atomic E-state index is 0.932. The molecule has 0 rings (SSSR count). The van der Waals surface area contributed by atoms with Crippen molar-refractivity contribution in [3.8, 4) is 0 Å². The van der Waals surface area contributed by atoms with Crippen molar-refractivity contribution >= 4 is 46.3 Å². The van der Waals surface area contributed by atoms with Crippen LogP contribution in [0.5, 0.6) is 0 Å². The average Bonchev–Trinajstić information content (AvgIpc) is 2.68. The van der Waals surface area contributed by atoms with Gasteiger partial charge in [0, 0.05) is 55.4 Å². The largest absolute Gasteiger partial charge is 0.354 e. The van der Waals surface area contributed by atoms with Crippen LogP contribution in [0.15, 0.2) is 0 Å². The van der Waals surface area contributed by atoms with Crippen molar-refractivity contribution in [1.82, 2.24) is 0 Å². The second-order valence-electron chi connectivity index (χ2n) is 7.14. The topological polar surface area (TPSA) is 298 Å². The van der Waals surface area contributed by atoms with Crippen molar-refractivity contribution in [3.63, 3.8) is 0 Å². The number of carbonyl (C=O) groups is 8. The molecule has 0 spiro atoms. The Bertz CT molecular complexity index is 668. The Hall–Kier alpha value is -2.96. The van der Waals surface area contributed by atoms with Crippen molar-refractivity contribution in [2.75, 3.05) is 0 Å². The highest BCUT2D eigenvalue weighted by Gasteiger charge is 2.36. The Morgan fingerprint density at radius 1 is 0.278 bits per heavy atom. The quantitative estimate of drug-likeness (QED) is 0.108. The molecule has 0 aliphatic rings. The number of hydrogen-bond donors (Lipinski definition) is 8. The molecular formula is C20H32O16. The first-order valence-corrected chi connectivity index (χ1v) is 9.42. The Labute approximate surface area is 204 Å². The molecule has 0 aromatic carbocycles. The predicted molar refractivity (Wildman–Crippen MR) is 114 cm³/mol. The maximum Gasteiger partial charge on any atom is 0.284 e. The fourth-order valence-corrected chi connectivity index (χ4v) is 0.992. The maximum atomic E-state index is 10.2. The minimum atomic E-state index is -2.78. The van der Waals surface area contributed by atoms with Crippen molar-refractivity contribution in [3.05, 3.63) is 0 Å². The Morgan fingerprint density at radius 3 is 0.333 bits per heavy atom. The molecule has 0 radical (unpaired) electrons. The predicted octanol–water partition coefficient (Wildman–Crippen LogP) is -4.62. The number of carbonyl (C=O) groups excluding carboxylic acids is 8. The summed E-state index contributed by atoms with van der Waals surface area (Å²) in [4.78, 5) is 81.5. The van der Waals surface area contributed by atoms with E-state index in [0.29, 0.717) is 0 Å². The number of ketones is 8. The molecule has 0 bridgehead atoms. The van der Waals surface area contributed by atoms with Gasteiger partial charge < -0.3 is 40.9 Å². The summed E-state index contributed by atoms with van der Waals surface area (Å²) in [7, 11) is 0. The van der Waals surface area contributed by atoms with Crippen molar-refractivity contribution < 1.29 is 79.2 Å². The molecule has 8 N–H and O–H groups in total. The molecule has 0 heterocycles. The van der Waals surface area contributed by atoms with E-state index in [0.717, 1.165) is 55.4 Å². The van der Waals surface area contributed by atoms with E-state index in [2.05, 4.69) is 0 Å². The lowest BCUT2D eigenvalue weighted by atomic mass is 10.1. The van der Waals surface area contributed by atoms with Crippen LogP contribution in [0.3, 0.4) is 0 Å². The zero-order chi connectivity index (χ0) is 30.6. The van der Waals surface area contributed by atoms with Gasteiger partial charge in [0.1, 0.15) is 0 Å². The third-order valence-corrected chi connectivity index (χ3v) is 3.93. The zero-order valence-electron chi connectivity index (χ0n) is 20.8. The number of aliphatic hydroxyl groups is 8. The van der Waals surface area contributed by atoms with Gasteiger partial charge in [-0.15, -0.1) is 0 Å². The molecule has 0 amide bonds. The Morgan fingerprint density at radius 2 is 0.333 bits per heavy atom. The molecule has 0 aliphatic heterocycles. The summed E-state index contributed by atoms with van der Waals surface area (Å²) in [5, 5.41) is 68.2. The van der Waals surface area contributed by atoms with Gasteiger partial charge in [-0.2, -0.15) is 0 Å². The van der Waals surface area contributed by atoms with Gasteiger partial charge in [0.05, 0.1) is 0 Å². The molecule has 36 heavy (non-hydrogen) atoms. The first-order valence-electron chi connectivity index (χ1n) is 9.42. The lowest BCUT2D eigenvalue weighted by Gasteiger charge is -2.12. The van der Waals surface area contributed by atoms with Crippen LogP contribution in [-0.2, 0) is 38.4 Å². The van der Waals surface area contributed by atoms with Crippen LogP contribution in [0.2, 0.25) is 0 Å². The molecule has 16 nitrogen and oxygen atoms in total. The first kappa shape index (κ1) is 40.2. The van der Waals surface area contributed by atoms with Crippen molar-refractivity contribution in [1.29, 1.82) is 0 Å². The third-order valence-electron chi connectivity index (χ3n) is 3.93. The third kappa shape index (κ3) is 13.8. The normalized spacial score (nSPS) is 11.1. The summed E-state index contributed by atoms with van der Waals surface area (Å²) in [5.74, 6) is -18.8. The SMILES string of the molecule is CC(=O)C(O)(O)C(C)=O.CC(=O)C(O)(O)C(C)=O.CC(=O)C(O)(O)C(C)=O.CC(=O)C(O)(O)C(C)=O. The second-order valence-corrected chi connectivity index (χ2v) is 7.14. The van der Waals surface area contributed by atoms with Crippen LogP contribution in [0.4, 0.5) is 0 Å². The van der Waals surface area contributed by atoms with Gasteiger partial charge >= 0.3 is 0 Å². The van der Waals surface area contributed by atoms with E-state index in [1.54, 1.807) is 0 Å². The van der Waals surface area contributed by atoms with E-state index < -0.39 is 69.4 Å². The summed E-state index contributed by atoms with van der Waals surface area (Å²) < 4.78 is 0. The molecule has 0 saturated carbocycles. The first-order chi connectivity index (χ1) is 15.5. The van der Waals surface area contributed by atoms with E-state index >= 15 is 0 Å². The molecular weight excluding hydrogens is 496 g/mol. The van der Waals surface area contributed by atoms with Crippen LogP contribution in [0.1, 0.15) is 55.4 Å². The van der Waals surface area contributed by atoms with Gasteiger partial charge in [0.15, 0.2) is 46.3 Å². The van der Waals surface area contributed by atoms with Crippen molar-refractivity contribution in [2.45, 2.75) is 78.5 Å². The van der Waals surface area contributed by atoms with Crippen LogP contribution < -0.4 is 0 Å². The highest BCUT2D eigenvalue weighted by atomic mass is 16.5. The zero-order valence-corrected chi connectivity index (χ0v) is 20.8. The van der Waals surface area contributed by atoms with E-state index in [1.807, 2.05) is 0 Å². The highest BCUT2D eigenvalue weighted by molar-refractivity contribution is 6.07. The molecule has 0 saturated heterocycles. The fraction of sp³-hybridized carbons (Fsp3) is 0.600. The van der Waals surface area contributed by atoms with E-state index in [-0.39, 0.29) is 0 Å². The number of Topliss-reactive ketones (excluding diaryl/α,β-unsaturated/α-hetero) is 8. The summed E-state index contributed by atoms with van der Waals surface area (Å²) in [6.07, 6.45) is 0. The lowest BCUT2D eigenvalue weighted by molar-refractivity contribution is -0.186. The van der Waals surface area contributed by atoms with Crippen LogP contribution in [-0.4, -0.2) is 110 Å². The maximum absolute atomic E-state index is 10.2. The van der Waals surface area contributed by atoms with Crippen LogP contribution in [0.25, 0.3) is 0 Å². The van der Waals surface area contributed by atoms with Gasteiger partial charge in [-0.25, -0.2) is 0 Å². The monoisotopic (exact) mass is 528 g/mol. The van der Waals surface area contributed by atoms with E-state index in [4.69, 9.17) is 40.9 Å². The second kappa shape index (κ2) is 15.2. The molecule has 16 heteroatoms. The molecule has 208 valence electrons. The Balaban J connectivity index is -0.000000190. The number of hydrogen-bond acceptors (Lipinski definition) is 16. The fourth-order valence-electron chi connectivity index (χ4n) is 0.992. The van der Waals surface area contributed by atoms with Gasteiger partial charge in [-0.1, -0.05) is 0 Å². The molecule has 0 aliphatic carbocycles. The van der Waals surface area contributed by atoms with Crippen molar-refractivity contribution in [2.24, 2.45) is 0 Å². The van der Waals surface area contributed by atoms with E-state index in [1.165, 1.54) is 0 Å². The lowest BCUT2D eigenvalue weighted by Crippen LogP contribution is -2.43. The van der Waals surface area contributed by atoms with Gasteiger partial charge in [-0.3, -0.25) is 38.4 Å².